The minimum absolute atomic E-state index is 0.170. The van der Waals surface area contributed by atoms with Gasteiger partial charge in [-0.05, 0) is 207 Å². The first kappa shape index (κ1) is 115. The van der Waals surface area contributed by atoms with Crippen molar-refractivity contribution in [2.75, 3.05) is 58.8 Å². The van der Waals surface area contributed by atoms with Gasteiger partial charge in [0.15, 0.2) is 0 Å². The summed E-state index contributed by atoms with van der Waals surface area (Å²) in [5, 5.41) is 76.7. The number of hydroxylamine groups is 6. The number of hydrogen-bond donors (Lipinski definition) is 19. The van der Waals surface area contributed by atoms with Crippen molar-refractivity contribution in [2.45, 2.75) is 218 Å². The number of aliphatic hydroxyl groups is 1. The van der Waals surface area contributed by atoms with E-state index in [1.165, 1.54) is 12.6 Å². The van der Waals surface area contributed by atoms with Crippen LogP contribution >= 0.6 is 0 Å². The minimum atomic E-state index is -1.10. The fraction of sp³-hybridized carbons (Fsp3) is 0.396. The molecule has 36 nitrogen and oxygen atoms in total. The van der Waals surface area contributed by atoms with E-state index in [0.29, 0.717) is 152 Å². The van der Waals surface area contributed by atoms with Crippen molar-refractivity contribution in [1.29, 1.82) is 0 Å². The van der Waals surface area contributed by atoms with Crippen LogP contribution in [-0.2, 0) is 87.8 Å². The maximum Gasteiger partial charge on any atom is 0.253 e. The number of unbranched alkanes of at least 4 members (excludes halogenated alkanes) is 6. The van der Waals surface area contributed by atoms with Crippen LogP contribution in [0.3, 0.4) is 0 Å². The largest absolute Gasteiger partial charge is 0.383 e. The normalized spacial score (nSPS) is 11.6. The Morgan fingerprint density at radius 2 is 0.553 bits per heavy atom. The molecule has 0 heterocycles. The molecule has 0 radical (unpaired) electrons. The second-order valence-electron chi connectivity index (χ2n) is 29.6. The SMILES string of the molecule is C=C(C)COC(CCCCC(=O)NO)C(=O)Nc1ccccc1.C=CCOC(CCCCC(=O)NO)C(=O)Nc1ccccc1.CCCOC(CCCCC(=O)NO)C(=O)Nc1ccccc1.COC(CCCCC(=O)NO)C(=O)Nc1ccccc1.O=C(CCCCC(O)C(=O)Nc1ccccc1)NO.O=C(CCCCC(OCc1ccccc1)C(=O)Nc1ccccc1)NO. The van der Waals surface area contributed by atoms with Gasteiger partial charge in [-0.1, -0.05) is 165 Å². The van der Waals surface area contributed by atoms with E-state index in [9.17, 15) is 62.6 Å². The summed E-state index contributed by atoms with van der Waals surface area (Å²) in [6.45, 7) is 12.6. The van der Waals surface area contributed by atoms with Crippen LogP contribution in [-0.4, -0.2) is 171 Å². The molecule has 0 aliphatic carbocycles. The number of amides is 12. The molecule has 7 aromatic carbocycles. The summed E-state index contributed by atoms with van der Waals surface area (Å²) in [5.41, 5.74) is 15.5. The quantitative estimate of drug-likeness (QED) is 0.00728. The molecule has 36 heteroatoms. The Balaban J connectivity index is 0.000000538. The highest BCUT2D eigenvalue weighted by atomic mass is 16.5. The van der Waals surface area contributed by atoms with Crippen LogP contribution in [0.25, 0.3) is 0 Å². The van der Waals surface area contributed by atoms with Gasteiger partial charge in [0.1, 0.15) is 36.6 Å². The molecule has 0 saturated heterocycles. The smallest absolute Gasteiger partial charge is 0.253 e. The lowest BCUT2D eigenvalue weighted by atomic mass is 10.1. The molecule has 19 N–H and O–H groups in total. The fourth-order valence-electron chi connectivity index (χ4n) is 11.6. The Hall–Kier alpha value is -12.8. The highest BCUT2D eigenvalue weighted by Crippen LogP contribution is 2.20. The molecule has 132 heavy (non-hydrogen) atoms. The second kappa shape index (κ2) is 74.9. The van der Waals surface area contributed by atoms with Crippen LogP contribution in [0.15, 0.2) is 237 Å². The van der Waals surface area contributed by atoms with Crippen LogP contribution < -0.4 is 64.8 Å². The van der Waals surface area contributed by atoms with Crippen molar-refractivity contribution in [2.24, 2.45) is 0 Å². The summed E-state index contributed by atoms with van der Waals surface area (Å²) in [7, 11) is 1.48. The molecule has 12 amide bonds. The fourth-order valence-corrected chi connectivity index (χ4v) is 11.6. The number of aliphatic hydroxyl groups excluding tert-OH is 1. The van der Waals surface area contributed by atoms with Crippen molar-refractivity contribution >= 4 is 105 Å². The topological polar surface area (TPSA) is 537 Å². The number of para-hydroxylation sites is 6. The number of anilines is 6. The highest BCUT2D eigenvalue weighted by molar-refractivity contribution is 5.97. The van der Waals surface area contributed by atoms with E-state index < -0.39 is 78.0 Å². The molecule has 6 atom stereocenters. The van der Waals surface area contributed by atoms with Crippen molar-refractivity contribution in [3.05, 3.63) is 243 Å². The van der Waals surface area contributed by atoms with E-state index in [4.69, 9.17) is 54.9 Å². The Morgan fingerprint density at radius 1 is 0.318 bits per heavy atom. The zero-order valence-electron chi connectivity index (χ0n) is 75.2. The predicted molar refractivity (Wildman–Crippen MR) is 497 cm³/mol. The monoisotopic (exact) mass is 1840 g/mol. The van der Waals surface area contributed by atoms with Crippen LogP contribution in [0, 0.1) is 0 Å². The van der Waals surface area contributed by atoms with Crippen LogP contribution in [0.1, 0.15) is 180 Å². The molecule has 0 aliphatic rings. The van der Waals surface area contributed by atoms with Crippen LogP contribution in [0.2, 0.25) is 0 Å². The molecular formula is C96H132N12O24. The van der Waals surface area contributed by atoms with Gasteiger partial charge < -0.3 is 60.7 Å². The number of nitrogens with one attached hydrogen (secondary N) is 12. The lowest BCUT2D eigenvalue weighted by Crippen LogP contribution is -2.31. The van der Waals surface area contributed by atoms with E-state index >= 15 is 0 Å². The third-order valence-corrected chi connectivity index (χ3v) is 18.5. The molecule has 0 saturated carbocycles. The Kier molecular flexibility index (Phi) is 65.4. The maximum atomic E-state index is 12.6. The third-order valence-electron chi connectivity index (χ3n) is 18.5. The van der Waals surface area contributed by atoms with Gasteiger partial charge in [0.2, 0.25) is 35.4 Å². The number of carbonyl (C=O) groups excluding carboxylic acids is 12. The lowest BCUT2D eigenvalue weighted by Gasteiger charge is -2.18. The third kappa shape index (κ3) is 58.0. The first-order valence-electron chi connectivity index (χ1n) is 43.6. The predicted octanol–water partition coefficient (Wildman–Crippen LogP) is 13.4. The number of carbonyl (C=O) groups is 12. The van der Waals surface area contributed by atoms with Gasteiger partial charge in [0.05, 0.1) is 19.8 Å². The number of benzene rings is 7. The summed E-state index contributed by atoms with van der Waals surface area (Å²) >= 11 is 0. The summed E-state index contributed by atoms with van der Waals surface area (Å²) in [6.07, 6.45) is 9.64. The Labute approximate surface area is 771 Å². The number of ether oxygens (including phenoxy) is 5. The average molecular weight is 1840 g/mol. The van der Waals surface area contributed by atoms with E-state index in [-0.39, 0.29) is 81.1 Å². The van der Waals surface area contributed by atoms with Crippen molar-refractivity contribution in [3.63, 3.8) is 0 Å². The zero-order chi connectivity index (χ0) is 97.0. The lowest BCUT2D eigenvalue weighted by molar-refractivity contribution is -0.130. The number of hydrogen-bond acceptors (Lipinski definition) is 24. The first-order chi connectivity index (χ1) is 63.8. The van der Waals surface area contributed by atoms with Gasteiger partial charge in [-0.2, -0.15) is 0 Å². The van der Waals surface area contributed by atoms with Gasteiger partial charge >= 0.3 is 0 Å². The Morgan fingerprint density at radius 3 is 0.811 bits per heavy atom. The van der Waals surface area contributed by atoms with Gasteiger partial charge in [-0.15, -0.1) is 6.58 Å². The van der Waals surface area contributed by atoms with Gasteiger partial charge in [-0.25, -0.2) is 32.9 Å². The van der Waals surface area contributed by atoms with Crippen LogP contribution in [0.5, 0.6) is 0 Å². The number of methoxy groups -OCH3 is 1. The molecule has 0 aromatic heterocycles. The molecule has 720 valence electrons. The summed E-state index contributed by atoms with van der Waals surface area (Å²) in [5.74, 6) is -4.09. The summed E-state index contributed by atoms with van der Waals surface area (Å²) in [6, 6.07) is 64.4. The van der Waals surface area contributed by atoms with Crippen molar-refractivity contribution < 1.29 is 118 Å². The standard InChI is InChI=1S/C20H24N2O4.C17H24N2O4.C16H24N2O4.C16H22N2O4.C14H20N2O4.C13H18N2O4/c23-19(22-25)14-8-7-13-18(26-15-16-9-3-1-4-10-16)20(24)21-17-11-5-2-6-12-17;1-13(2)12-23-15(10-6-7-11-16(20)19-22)17(21)18-14-8-4-3-5-9-14;2*1-2-12-22-14(10-6-7-11-15(19)18-21)16(20)17-13-8-4-3-5-9-13;1-20-12(9-5-6-10-13(17)16-19)14(18)15-11-7-3-2-4-8-11;16-11(8-4-5-9-12(17)15-19)13(18)14-10-6-2-1-3-7-10/h1-6,9-12,18,25H,7-8,13-15H2,(H,21,24)(H,22,23);3-5,8-9,15,22H,1,6-7,10-12H2,2H3,(H,18,21)(H,19,20);3-5,8-9,14,21H,2,6-7,10-12H2,1H3,(H,17,20)(H,18,19);2-5,8-9,14,21H,1,6-7,10-12H2,(H,17,20)(H,18,19);2-4,7-8,12,19H,5-6,9-10H2,1H3,(H,15,18)(H,16,17);1-3,6-7,11,16,19H,4-5,8-9H2,(H,14,18)(H,15,17). The maximum absolute atomic E-state index is 12.6. The molecule has 0 fully saturated rings. The second-order valence-corrected chi connectivity index (χ2v) is 29.6. The summed E-state index contributed by atoms with van der Waals surface area (Å²) < 4.78 is 27.7. The van der Waals surface area contributed by atoms with E-state index in [2.05, 4.69) is 45.1 Å². The first-order valence-corrected chi connectivity index (χ1v) is 43.6. The minimum Gasteiger partial charge on any atom is -0.383 e. The molecule has 6 unspecified atom stereocenters. The summed E-state index contributed by atoms with van der Waals surface area (Å²) in [4.78, 5) is 138. The molecular weight excluding hydrogens is 1710 g/mol. The zero-order valence-corrected chi connectivity index (χ0v) is 75.2. The molecule has 7 rings (SSSR count). The van der Waals surface area contributed by atoms with Gasteiger partial charge in [0.25, 0.3) is 35.4 Å². The highest BCUT2D eigenvalue weighted by Gasteiger charge is 2.25. The Bertz CT molecular complexity index is 4370. The van der Waals surface area contributed by atoms with Crippen LogP contribution in [0.4, 0.5) is 34.1 Å². The van der Waals surface area contributed by atoms with E-state index in [0.717, 1.165) is 28.9 Å². The van der Waals surface area contributed by atoms with Gasteiger partial charge in [-0.3, -0.25) is 88.8 Å². The number of rotatable bonds is 55. The van der Waals surface area contributed by atoms with Gasteiger partial charge in [0, 0.05) is 86.4 Å². The van der Waals surface area contributed by atoms with Crippen molar-refractivity contribution in [3.8, 4) is 0 Å². The average Bonchev–Trinajstić information content (AvgIpc) is 0.902. The molecule has 0 aliphatic heterocycles. The van der Waals surface area contributed by atoms with E-state index in [1.54, 1.807) is 94.1 Å². The van der Waals surface area contributed by atoms with E-state index in [1.807, 2.05) is 166 Å². The van der Waals surface area contributed by atoms with Crippen molar-refractivity contribution in [1.82, 2.24) is 32.9 Å². The molecule has 7 aromatic rings. The molecule has 0 bridgehead atoms. The molecule has 0 spiro atoms.